The van der Waals surface area contributed by atoms with Crippen molar-refractivity contribution in [2.75, 3.05) is 0 Å². The van der Waals surface area contributed by atoms with E-state index in [-0.39, 0.29) is 18.6 Å². The molecule has 0 spiro atoms. The molecule has 19 heavy (non-hydrogen) atoms. The summed E-state index contributed by atoms with van der Waals surface area (Å²) in [5.74, 6) is 0. The minimum absolute atomic E-state index is 0. The molecule has 0 heterocycles. The summed E-state index contributed by atoms with van der Waals surface area (Å²) in [7, 11) is 0. The third-order valence-electron chi connectivity index (χ3n) is 2.82. The monoisotopic (exact) mass is 289 g/mol. The van der Waals surface area contributed by atoms with E-state index >= 15 is 0 Å². The fraction of sp³-hybridized carbons (Fsp3) is 0.222. The van der Waals surface area contributed by atoms with E-state index in [9.17, 15) is 0 Å². The molecular formula is C18H22V. The first-order valence-corrected chi connectivity index (χ1v) is 6.57. The van der Waals surface area contributed by atoms with Crippen LogP contribution in [-0.2, 0) is 18.6 Å². The van der Waals surface area contributed by atoms with Gasteiger partial charge in [-0.1, -0.05) is 74.5 Å². The maximum Gasteiger partial charge on any atom is 0 e. The maximum absolute atomic E-state index is 2.18. The van der Waals surface area contributed by atoms with Crippen LogP contribution < -0.4 is 0 Å². The third-order valence-corrected chi connectivity index (χ3v) is 2.82. The van der Waals surface area contributed by atoms with E-state index in [1.807, 2.05) is 13.8 Å². The molecule has 1 radical (unpaired) electrons. The molecule has 0 atom stereocenters. The van der Waals surface area contributed by atoms with Crippen LogP contribution in [0.2, 0.25) is 0 Å². The zero-order chi connectivity index (χ0) is 13.4. The Bertz CT molecular complexity index is 465. The average molecular weight is 289 g/mol. The van der Waals surface area contributed by atoms with Gasteiger partial charge in [0.05, 0.1) is 0 Å². The molecular weight excluding hydrogens is 267 g/mol. The van der Waals surface area contributed by atoms with Crippen molar-refractivity contribution >= 4 is 12.2 Å². The first-order chi connectivity index (χ1) is 8.77. The van der Waals surface area contributed by atoms with Gasteiger partial charge in [0.1, 0.15) is 0 Å². The van der Waals surface area contributed by atoms with E-state index in [4.69, 9.17) is 0 Å². The normalized spacial score (nSPS) is 9.47. The minimum atomic E-state index is 0. The summed E-state index contributed by atoms with van der Waals surface area (Å²) in [6.45, 7) is 8.27. The summed E-state index contributed by atoms with van der Waals surface area (Å²) in [5.41, 5.74) is 5.19. The summed E-state index contributed by atoms with van der Waals surface area (Å²) in [4.78, 5) is 0. The van der Waals surface area contributed by atoms with Gasteiger partial charge in [-0.2, -0.15) is 0 Å². The molecule has 0 saturated carbocycles. The number of benzene rings is 2. The second-order valence-electron chi connectivity index (χ2n) is 4.05. The van der Waals surface area contributed by atoms with E-state index in [1.54, 1.807) is 0 Å². The van der Waals surface area contributed by atoms with Crippen LogP contribution in [-0.4, -0.2) is 0 Å². The van der Waals surface area contributed by atoms with E-state index in [2.05, 4.69) is 74.5 Å². The van der Waals surface area contributed by atoms with Crippen LogP contribution in [0.5, 0.6) is 0 Å². The fourth-order valence-corrected chi connectivity index (χ4v) is 1.73. The Morgan fingerprint density at radius 2 is 0.947 bits per heavy atom. The molecule has 2 aromatic carbocycles. The van der Waals surface area contributed by atoms with Crippen molar-refractivity contribution in [2.45, 2.75) is 27.7 Å². The van der Waals surface area contributed by atoms with Crippen LogP contribution in [0.4, 0.5) is 0 Å². The van der Waals surface area contributed by atoms with Gasteiger partial charge in [0, 0.05) is 18.6 Å². The first kappa shape index (κ1) is 17.8. The zero-order valence-electron chi connectivity index (χ0n) is 12.2. The molecule has 0 aromatic heterocycles. The van der Waals surface area contributed by atoms with E-state index in [1.165, 1.54) is 22.3 Å². The quantitative estimate of drug-likeness (QED) is 0.641. The molecule has 0 N–H and O–H groups in total. The molecule has 0 aliphatic carbocycles. The van der Waals surface area contributed by atoms with E-state index < -0.39 is 0 Å². The Kier molecular flexibility index (Phi) is 9.03. The predicted molar refractivity (Wildman–Crippen MR) is 82.6 cm³/mol. The van der Waals surface area contributed by atoms with Crippen LogP contribution in [0.15, 0.2) is 48.5 Å². The van der Waals surface area contributed by atoms with Gasteiger partial charge in [0.2, 0.25) is 0 Å². The molecule has 2 aromatic rings. The van der Waals surface area contributed by atoms with E-state index in [0.29, 0.717) is 0 Å². The summed E-state index contributed by atoms with van der Waals surface area (Å²) in [5, 5.41) is 0. The van der Waals surface area contributed by atoms with Crippen molar-refractivity contribution in [2.24, 2.45) is 0 Å². The van der Waals surface area contributed by atoms with Crippen LogP contribution in [0.1, 0.15) is 36.1 Å². The average Bonchev–Trinajstić information content (AvgIpc) is 2.42. The van der Waals surface area contributed by atoms with Crippen molar-refractivity contribution in [3.05, 3.63) is 70.8 Å². The molecule has 2 rings (SSSR count). The molecule has 0 saturated heterocycles. The van der Waals surface area contributed by atoms with Gasteiger partial charge < -0.3 is 0 Å². The van der Waals surface area contributed by atoms with Gasteiger partial charge in [0.15, 0.2) is 0 Å². The van der Waals surface area contributed by atoms with Crippen LogP contribution in [0, 0.1) is 13.8 Å². The molecule has 0 fully saturated rings. The maximum atomic E-state index is 2.18. The van der Waals surface area contributed by atoms with Crippen LogP contribution in [0.3, 0.4) is 0 Å². The third kappa shape index (κ3) is 5.51. The molecule has 0 unspecified atom stereocenters. The molecule has 1 heteroatoms. The smallest absolute Gasteiger partial charge is 0 e. The van der Waals surface area contributed by atoms with Crippen molar-refractivity contribution in [1.29, 1.82) is 0 Å². The van der Waals surface area contributed by atoms with Gasteiger partial charge in [0.25, 0.3) is 0 Å². The SMILES string of the molecule is CC.Cc1ccccc1/C=C/c1ccccc1C.[V]. The predicted octanol–water partition coefficient (Wildman–Crippen LogP) is 5.50. The Morgan fingerprint density at radius 1 is 0.632 bits per heavy atom. The summed E-state index contributed by atoms with van der Waals surface area (Å²) < 4.78 is 0. The molecule has 0 aliphatic rings. The fourth-order valence-electron chi connectivity index (χ4n) is 1.73. The largest absolute Gasteiger partial charge is 0.0683 e. The Balaban J connectivity index is 0.00000103. The second-order valence-corrected chi connectivity index (χ2v) is 4.05. The number of hydrogen-bond donors (Lipinski definition) is 0. The van der Waals surface area contributed by atoms with Crippen molar-refractivity contribution < 1.29 is 18.6 Å². The number of aryl methyl sites for hydroxylation is 2. The summed E-state index contributed by atoms with van der Waals surface area (Å²) in [6.07, 6.45) is 4.36. The molecule has 0 bridgehead atoms. The minimum Gasteiger partial charge on any atom is -0.0683 e. The number of rotatable bonds is 2. The summed E-state index contributed by atoms with van der Waals surface area (Å²) >= 11 is 0. The van der Waals surface area contributed by atoms with Crippen LogP contribution in [0.25, 0.3) is 12.2 Å². The van der Waals surface area contributed by atoms with Gasteiger partial charge >= 0.3 is 0 Å². The van der Waals surface area contributed by atoms with Gasteiger partial charge in [-0.15, -0.1) is 0 Å². The van der Waals surface area contributed by atoms with Crippen LogP contribution >= 0.6 is 0 Å². The number of hydrogen-bond acceptors (Lipinski definition) is 0. The van der Waals surface area contributed by atoms with E-state index in [0.717, 1.165) is 0 Å². The Hall–Kier alpha value is -1.24. The standard InChI is InChI=1S/C16H16.C2H6.V/c1-13-7-3-5-9-15(13)11-12-16-10-6-4-8-14(16)2;1-2;/h3-12H,1-2H3;1-2H3;/b12-11+;;. The van der Waals surface area contributed by atoms with Crippen molar-refractivity contribution in [3.63, 3.8) is 0 Å². The van der Waals surface area contributed by atoms with Gasteiger partial charge in [-0.05, 0) is 36.1 Å². The first-order valence-electron chi connectivity index (χ1n) is 6.57. The van der Waals surface area contributed by atoms with Crippen molar-refractivity contribution in [3.8, 4) is 0 Å². The molecule has 0 nitrogen and oxygen atoms in total. The summed E-state index contributed by atoms with van der Waals surface area (Å²) in [6, 6.07) is 16.8. The van der Waals surface area contributed by atoms with Crippen molar-refractivity contribution in [1.82, 2.24) is 0 Å². The van der Waals surface area contributed by atoms with Gasteiger partial charge in [-0.3, -0.25) is 0 Å². The Morgan fingerprint density at radius 3 is 1.26 bits per heavy atom. The molecule has 0 amide bonds. The van der Waals surface area contributed by atoms with Gasteiger partial charge in [-0.25, -0.2) is 0 Å². The second kappa shape index (κ2) is 9.66. The molecule has 0 aliphatic heterocycles. The Labute approximate surface area is 129 Å². The topological polar surface area (TPSA) is 0 Å². The zero-order valence-corrected chi connectivity index (χ0v) is 13.6. The molecule has 99 valence electrons.